The molecule has 3 heteroatoms. The molecule has 0 N–H and O–H groups in total. The third-order valence-corrected chi connectivity index (χ3v) is 3.15. The Labute approximate surface area is 111 Å². The van der Waals surface area contributed by atoms with E-state index in [0.29, 0.717) is 6.42 Å². The van der Waals surface area contributed by atoms with Gasteiger partial charge in [-0.2, -0.15) is 5.26 Å². The van der Waals surface area contributed by atoms with Crippen molar-refractivity contribution in [3.05, 3.63) is 66.0 Å². The number of rotatable bonds is 3. The Morgan fingerprint density at radius 3 is 2.53 bits per heavy atom. The number of aromatic nitrogens is 2. The highest BCUT2D eigenvalue weighted by Gasteiger charge is 2.10. The van der Waals surface area contributed by atoms with Gasteiger partial charge in [-0.15, -0.1) is 0 Å². The fourth-order valence-corrected chi connectivity index (χ4v) is 2.27. The summed E-state index contributed by atoms with van der Waals surface area (Å²) in [5.74, 6) is 0.826. The van der Waals surface area contributed by atoms with Crippen molar-refractivity contribution in [1.82, 2.24) is 9.55 Å². The summed E-state index contributed by atoms with van der Waals surface area (Å²) in [5.41, 5.74) is 3.24. The van der Waals surface area contributed by atoms with Gasteiger partial charge in [-0.3, -0.25) is 0 Å². The van der Waals surface area contributed by atoms with Crippen LogP contribution < -0.4 is 0 Å². The maximum absolute atomic E-state index is 8.93. The maximum Gasteiger partial charge on any atom is 0.124 e. The molecule has 1 aromatic heterocycles. The standard InChI is InChI=1S/C16H13N3/c17-11-10-16-18-14-8-4-5-9-15(14)19(16)12-13-6-2-1-3-7-13/h1-9H,10,12H2. The second kappa shape index (κ2) is 4.95. The van der Waals surface area contributed by atoms with Crippen LogP contribution in [0.25, 0.3) is 11.0 Å². The van der Waals surface area contributed by atoms with Crippen LogP contribution in [0.5, 0.6) is 0 Å². The summed E-state index contributed by atoms with van der Waals surface area (Å²) in [6.45, 7) is 0.748. The molecule has 0 saturated carbocycles. The number of imidazole rings is 1. The molecular weight excluding hydrogens is 234 g/mol. The summed E-state index contributed by atoms with van der Waals surface area (Å²) in [7, 11) is 0. The van der Waals surface area contributed by atoms with Crippen LogP contribution in [0.2, 0.25) is 0 Å². The molecule has 1 heterocycles. The highest BCUT2D eigenvalue weighted by molar-refractivity contribution is 5.76. The second-order valence-corrected chi connectivity index (χ2v) is 4.42. The van der Waals surface area contributed by atoms with Crippen molar-refractivity contribution in [2.24, 2.45) is 0 Å². The van der Waals surface area contributed by atoms with Gasteiger partial charge in [-0.1, -0.05) is 42.5 Å². The zero-order valence-electron chi connectivity index (χ0n) is 10.5. The van der Waals surface area contributed by atoms with Crippen LogP contribution in [-0.2, 0) is 13.0 Å². The van der Waals surface area contributed by atoms with E-state index in [9.17, 15) is 0 Å². The SMILES string of the molecule is N#CCc1nc2ccccc2n1Cc1ccccc1. The topological polar surface area (TPSA) is 41.6 Å². The van der Waals surface area contributed by atoms with Crippen LogP contribution in [0.1, 0.15) is 11.4 Å². The van der Waals surface area contributed by atoms with E-state index >= 15 is 0 Å². The molecule has 0 aliphatic rings. The minimum Gasteiger partial charge on any atom is -0.323 e. The van der Waals surface area contributed by atoms with Gasteiger partial charge >= 0.3 is 0 Å². The summed E-state index contributed by atoms with van der Waals surface area (Å²) < 4.78 is 2.12. The van der Waals surface area contributed by atoms with Gasteiger partial charge in [-0.05, 0) is 17.7 Å². The first-order valence-electron chi connectivity index (χ1n) is 6.23. The van der Waals surface area contributed by atoms with E-state index < -0.39 is 0 Å². The molecule has 0 saturated heterocycles. The van der Waals surface area contributed by atoms with Crippen LogP contribution in [-0.4, -0.2) is 9.55 Å². The molecule has 0 aliphatic carbocycles. The minimum absolute atomic E-state index is 0.335. The Morgan fingerprint density at radius 2 is 1.74 bits per heavy atom. The largest absolute Gasteiger partial charge is 0.323 e. The van der Waals surface area contributed by atoms with Crippen molar-refractivity contribution in [1.29, 1.82) is 5.26 Å². The average Bonchev–Trinajstić information content (AvgIpc) is 2.79. The third kappa shape index (κ3) is 2.21. The van der Waals surface area contributed by atoms with Gasteiger partial charge in [0.05, 0.1) is 23.5 Å². The quantitative estimate of drug-likeness (QED) is 0.713. The number of benzene rings is 2. The summed E-state index contributed by atoms with van der Waals surface area (Å²) >= 11 is 0. The molecule has 0 aliphatic heterocycles. The number of hydrogen-bond donors (Lipinski definition) is 0. The summed E-state index contributed by atoms with van der Waals surface area (Å²) in [5, 5.41) is 8.93. The molecule has 0 unspecified atom stereocenters. The first-order valence-corrected chi connectivity index (χ1v) is 6.23. The van der Waals surface area contributed by atoms with E-state index in [0.717, 1.165) is 23.4 Å². The van der Waals surface area contributed by atoms with Crippen molar-refractivity contribution in [3.63, 3.8) is 0 Å². The first-order chi connectivity index (χ1) is 9.38. The van der Waals surface area contributed by atoms with Crippen molar-refractivity contribution >= 4 is 11.0 Å². The zero-order valence-corrected chi connectivity index (χ0v) is 10.5. The van der Waals surface area contributed by atoms with E-state index in [1.165, 1.54) is 5.56 Å². The molecule has 3 nitrogen and oxygen atoms in total. The first kappa shape index (κ1) is 11.5. The third-order valence-electron chi connectivity index (χ3n) is 3.15. The Hall–Kier alpha value is -2.60. The molecule has 92 valence electrons. The molecule has 0 spiro atoms. The lowest BCUT2D eigenvalue weighted by molar-refractivity contribution is 0.769. The monoisotopic (exact) mass is 247 g/mol. The fourth-order valence-electron chi connectivity index (χ4n) is 2.27. The Morgan fingerprint density at radius 1 is 1.00 bits per heavy atom. The lowest BCUT2D eigenvalue weighted by Gasteiger charge is -2.07. The van der Waals surface area contributed by atoms with Gasteiger partial charge in [-0.25, -0.2) is 4.98 Å². The molecule has 2 aromatic carbocycles. The molecule has 0 bridgehead atoms. The maximum atomic E-state index is 8.93. The number of nitrogens with zero attached hydrogens (tertiary/aromatic N) is 3. The number of fused-ring (bicyclic) bond motifs is 1. The van der Waals surface area contributed by atoms with Crippen LogP contribution in [0.4, 0.5) is 0 Å². The lowest BCUT2D eigenvalue weighted by Crippen LogP contribution is -2.04. The molecule has 0 atom stereocenters. The molecule has 0 amide bonds. The molecule has 19 heavy (non-hydrogen) atoms. The lowest BCUT2D eigenvalue weighted by atomic mass is 10.2. The van der Waals surface area contributed by atoms with Gasteiger partial charge in [0.1, 0.15) is 5.82 Å². The number of para-hydroxylation sites is 2. The molecule has 3 rings (SSSR count). The highest BCUT2D eigenvalue weighted by atomic mass is 15.1. The normalized spacial score (nSPS) is 10.5. The van der Waals surface area contributed by atoms with Gasteiger partial charge < -0.3 is 4.57 Å². The zero-order chi connectivity index (χ0) is 13.1. The highest BCUT2D eigenvalue weighted by Crippen LogP contribution is 2.18. The number of nitriles is 1. The Kier molecular flexibility index (Phi) is 2.99. The van der Waals surface area contributed by atoms with Crippen molar-refractivity contribution in [2.45, 2.75) is 13.0 Å². The van der Waals surface area contributed by atoms with Gasteiger partial charge in [0.15, 0.2) is 0 Å². The molecule has 0 radical (unpaired) electrons. The fraction of sp³-hybridized carbons (Fsp3) is 0.125. The van der Waals surface area contributed by atoms with Crippen molar-refractivity contribution in [2.75, 3.05) is 0 Å². The van der Waals surface area contributed by atoms with Crippen molar-refractivity contribution in [3.8, 4) is 6.07 Å². The molecular formula is C16H13N3. The average molecular weight is 247 g/mol. The van der Waals surface area contributed by atoms with Gasteiger partial charge in [0.25, 0.3) is 0 Å². The van der Waals surface area contributed by atoms with E-state index in [1.54, 1.807) is 0 Å². The minimum atomic E-state index is 0.335. The van der Waals surface area contributed by atoms with E-state index in [1.807, 2.05) is 42.5 Å². The van der Waals surface area contributed by atoms with Gasteiger partial charge in [0, 0.05) is 6.54 Å². The van der Waals surface area contributed by atoms with Crippen LogP contribution in [0.15, 0.2) is 54.6 Å². The summed E-state index contributed by atoms with van der Waals surface area (Å²) in [6, 6.07) is 20.4. The summed E-state index contributed by atoms with van der Waals surface area (Å²) in [4.78, 5) is 4.54. The van der Waals surface area contributed by atoms with Crippen LogP contribution in [0.3, 0.4) is 0 Å². The molecule has 3 aromatic rings. The smallest absolute Gasteiger partial charge is 0.124 e. The Bertz CT molecular complexity index is 736. The Balaban J connectivity index is 2.10. The van der Waals surface area contributed by atoms with E-state index in [2.05, 4.69) is 27.8 Å². The van der Waals surface area contributed by atoms with Crippen molar-refractivity contribution < 1.29 is 0 Å². The predicted octanol–water partition coefficient (Wildman–Crippen LogP) is 3.15. The van der Waals surface area contributed by atoms with Crippen LogP contribution in [0, 0.1) is 11.3 Å². The van der Waals surface area contributed by atoms with E-state index in [-0.39, 0.29) is 0 Å². The van der Waals surface area contributed by atoms with Crippen LogP contribution >= 0.6 is 0 Å². The predicted molar refractivity (Wildman–Crippen MR) is 74.6 cm³/mol. The summed E-state index contributed by atoms with van der Waals surface area (Å²) in [6.07, 6.45) is 0.335. The second-order valence-electron chi connectivity index (χ2n) is 4.42. The van der Waals surface area contributed by atoms with E-state index in [4.69, 9.17) is 5.26 Å². The van der Waals surface area contributed by atoms with Gasteiger partial charge in [0.2, 0.25) is 0 Å². The number of hydrogen-bond acceptors (Lipinski definition) is 2. The molecule has 0 fully saturated rings.